The largest absolute Gasteiger partial charge is 0.340 e. The summed E-state index contributed by atoms with van der Waals surface area (Å²) in [5.74, 6) is -1.22. The normalized spacial score (nSPS) is 17.5. The van der Waals surface area contributed by atoms with E-state index in [-0.39, 0.29) is 17.4 Å². The summed E-state index contributed by atoms with van der Waals surface area (Å²) in [6, 6.07) is 8.44. The number of hydrogen-bond donors (Lipinski definition) is 1. The van der Waals surface area contributed by atoms with Gasteiger partial charge in [0.05, 0.1) is 5.56 Å². The van der Waals surface area contributed by atoms with Crippen LogP contribution in [0, 0.1) is 24.5 Å². The van der Waals surface area contributed by atoms with E-state index in [1.165, 1.54) is 30.3 Å². The molecule has 1 heterocycles. The minimum atomic E-state index is -0.621. The monoisotopic (exact) mass is 441 g/mol. The molecule has 170 valence electrons. The van der Waals surface area contributed by atoms with Crippen molar-refractivity contribution in [3.05, 3.63) is 64.7 Å². The van der Waals surface area contributed by atoms with Gasteiger partial charge in [-0.1, -0.05) is 25.0 Å². The van der Waals surface area contributed by atoms with Crippen molar-refractivity contribution in [2.45, 2.75) is 39.2 Å². The van der Waals surface area contributed by atoms with E-state index >= 15 is 0 Å². The Bertz CT molecular complexity index is 997. The first-order chi connectivity index (χ1) is 15.4. The fourth-order valence-corrected chi connectivity index (χ4v) is 4.66. The highest BCUT2D eigenvalue weighted by Gasteiger charge is 2.29. The lowest BCUT2D eigenvalue weighted by Crippen LogP contribution is -2.49. The second-order valence-electron chi connectivity index (χ2n) is 8.75. The van der Waals surface area contributed by atoms with Gasteiger partial charge in [-0.2, -0.15) is 0 Å². The van der Waals surface area contributed by atoms with E-state index in [0.29, 0.717) is 25.3 Å². The lowest BCUT2D eigenvalue weighted by molar-refractivity contribution is -0.137. The molecule has 2 amide bonds. The summed E-state index contributed by atoms with van der Waals surface area (Å²) < 4.78 is 28.3. The van der Waals surface area contributed by atoms with E-state index < -0.39 is 17.5 Å². The molecule has 0 radical (unpaired) electrons. The smallest absolute Gasteiger partial charge is 0.258 e. The van der Waals surface area contributed by atoms with Crippen molar-refractivity contribution in [1.82, 2.24) is 9.80 Å². The third-order valence-electron chi connectivity index (χ3n) is 6.63. The van der Waals surface area contributed by atoms with Crippen molar-refractivity contribution < 1.29 is 18.4 Å². The highest BCUT2D eigenvalue weighted by Crippen LogP contribution is 2.28. The van der Waals surface area contributed by atoms with Gasteiger partial charge in [0, 0.05) is 44.3 Å². The van der Waals surface area contributed by atoms with Crippen LogP contribution in [0.4, 0.5) is 14.5 Å². The molecule has 2 aromatic carbocycles. The molecule has 2 aliphatic rings. The lowest BCUT2D eigenvalue weighted by atomic mass is 10.0. The number of amides is 2. The SMILES string of the molecule is Cc1c(CN2CCN(C(=O)C3CCCC3)CC2)cc(F)cc1NC(=O)c1ccccc1F. The standard InChI is InChI=1S/C25H29F2N3O2/c1-17-19(16-29-10-12-30(13-11-29)25(32)18-6-2-3-7-18)14-20(26)15-23(17)28-24(31)21-8-4-5-9-22(21)27/h4-5,8-9,14-15,18H,2-3,6-7,10-13,16H2,1H3,(H,28,31). The van der Waals surface area contributed by atoms with E-state index in [0.717, 1.165) is 49.9 Å². The number of nitrogens with one attached hydrogen (secondary N) is 1. The highest BCUT2D eigenvalue weighted by atomic mass is 19.1. The molecule has 32 heavy (non-hydrogen) atoms. The molecule has 0 atom stereocenters. The summed E-state index contributed by atoms with van der Waals surface area (Å²) >= 11 is 0. The molecule has 0 unspecified atom stereocenters. The Hall–Kier alpha value is -2.80. The van der Waals surface area contributed by atoms with Crippen LogP contribution in [0.5, 0.6) is 0 Å². The molecular weight excluding hydrogens is 412 g/mol. The van der Waals surface area contributed by atoms with Crippen LogP contribution in [-0.4, -0.2) is 47.8 Å². The van der Waals surface area contributed by atoms with Crippen LogP contribution >= 0.6 is 0 Å². The molecule has 1 saturated heterocycles. The van der Waals surface area contributed by atoms with Gasteiger partial charge in [0.2, 0.25) is 5.91 Å². The maximum absolute atomic E-state index is 14.3. The quantitative estimate of drug-likeness (QED) is 0.750. The van der Waals surface area contributed by atoms with Gasteiger partial charge in [-0.3, -0.25) is 14.5 Å². The Morgan fingerprint density at radius 2 is 1.72 bits per heavy atom. The minimum absolute atomic E-state index is 0.0826. The summed E-state index contributed by atoms with van der Waals surface area (Å²) in [5.41, 5.74) is 1.77. The van der Waals surface area contributed by atoms with Gasteiger partial charge in [-0.15, -0.1) is 0 Å². The third-order valence-corrected chi connectivity index (χ3v) is 6.63. The van der Waals surface area contributed by atoms with Crippen LogP contribution in [-0.2, 0) is 11.3 Å². The van der Waals surface area contributed by atoms with E-state index in [1.807, 2.05) is 11.8 Å². The fraction of sp³-hybridized carbons (Fsp3) is 0.440. The van der Waals surface area contributed by atoms with Gasteiger partial charge in [-0.25, -0.2) is 8.78 Å². The number of carbonyl (C=O) groups excluding carboxylic acids is 2. The van der Waals surface area contributed by atoms with Crippen molar-refractivity contribution in [2.75, 3.05) is 31.5 Å². The fourth-order valence-electron chi connectivity index (χ4n) is 4.66. The average molecular weight is 442 g/mol. The summed E-state index contributed by atoms with van der Waals surface area (Å²) in [5, 5.41) is 2.65. The Labute approximate surface area is 187 Å². The summed E-state index contributed by atoms with van der Waals surface area (Å²) in [6.45, 7) is 5.17. The molecule has 1 aliphatic heterocycles. The second kappa shape index (κ2) is 9.77. The van der Waals surface area contributed by atoms with E-state index in [9.17, 15) is 18.4 Å². The first-order valence-electron chi connectivity index (χ1n) is 11.3. The maximum Gasteiger partial charge on any atom is 0.258 e. The zero-order valence-electron chi connectivity index (χ0n) is 18.4. The molecule has 0 aromatic heterocycles. The summed E-state index contributed by atoms with van der Waals surface area (Å²) in [4.78, 5) is 29.3. The van der Waals surface area contributed by atoms with Gasteiger partial charge in [0.15, 0.2) is 0 Å². The molecule has 1 N–H and O–H groups in total. The molecule has 2 aromatic rings. The number of carbonyl (C=O) groups is 2. The molecule has 1 aliphatic carbocycles. The zero-order valence-corrected chi connectivity index (χ0v) is 18.4. The van der Waals surface area contributed by atoms with Gasteiger partial charge >= 0.3 is 0 Å². The number of nitrogens with zero attached hydrogens (tertiary/aromatic N) is 2. The number of benzene rings is 2. The molecular formula is C25H29F2N3O2. The van der Waals surface area contributed by atoms with Gasteiger partial charge in [0.25, 0.3) is 5.91 Å². The number of halogens is 2. The number of rotatable bonds is 5. The summed E-state index contributed by atoms with van der Waals surface area (Å²) in [6.07, 6.45) is 4.29. The lowest BCUT2D eigenvalue weighted by Gasteiger charge is -2.36. The summed E-state index contributed by atoms with van der Waals surface area (Å²) in [7, 11) is 0. The molecule has 4 rings (SSSR count). The van der Waals surface area contributed by atoms with Crippen LogP contribution in [0.3, 0.4) is 0 Å². The highest BCUT2D eigenvalue weighted by molar-refractivity contribution is 6.04. The van der Waals surface area contributed by atoms with Crippen molar-refractivity contribution in [3.8, 4) is 0 Å². The Balaban J connectivity index is 1.40. The van der Waals surface area contributed by atoms with E-state index in [1.54, 1.807) is 6.07 Å². The Morgan fingerprint density at radius 3 is 2.41 bits per heavy atom. The molecule has 0 spiro atoms. The molecule has 7 heteroatoms. The molecule has 2 fully saturated rings. The first-order valence-corrected chi connectivity index (χ1v) is 11.3. The van der Waals surface area contributed by atoms with E-state index in [2.05, 4.69) is 10.2 Å². The van der Waals surface area contributed by atoms with Crippen molar-refractivity contribution >= 4 is 17.5 Å². The van der Waals surface area contributed by atoms with Crippen LogP contribution in [0.15, 0.2) is 36.4 Å². The zero-order chi connectivity index (χ0) is 22.7. The van der Waals surface area contributed by atoms with Crippen LogP contribution in [0.25, 0.3) is 0 Å². The number of anilines is 1. The topological polar surface area (TPSA) is 52.6 Å². The maximum atomic E-state index is 14.3. The van der Waals surface area contributed by atoms with Crippen molar-refractivity contribution in [2.24, 2.45) is 5.92 Å². The van der Waals surface area contributed by atoms with Gasteiger partial charge in [0.1, 0.15) is 11.6 Å². The predicted octanol–water partition coefficient (Wildman–Crippen LogP) is 4.36. The van der Waals surface area contributed by atoms with Crippen molar-refractivity contribution in [3.63, 3.8) is 0 Å². The van der Waals surface area contributed by atoms with Crippen LogP contribution in [0.2, 0.25) is 0 Å². The van der Waals surface area contributed by atoms with E-state index in [4.69, 9.17) is 0 Å². The molecule has 5 nitrogen and oxygen atoms in total. The number of hydrogen-bond acceptors (Lipinski definition) is 3. The third kappa shape index (κ3) is 4.99. The minimum Gasteiger partial charge on any atom is -0.340 e. The van der Waals surface area contributed by atoms with Crippen molar-refractivity contribution in [1.29, 1.82) is 0 Å². The van der Waals surface area contributed by atoms with Gasteiger partial charge < -0.3 is 10.2 Å². The Morgan fingerprint density at radius 1 is 1.03 bits per heavy atom. The number of piperazine rings is 1. The second-order valence-corrected chi connectivity index (χ2v) is 8.75. The Kier molecular flexibility index (Phi) is 6.84. The average Bonchev–Trinajstić information content (AvgIpc) is 3.32. The first kappa shape index (κ1) is 22.4. The van der Waals surface area contributed by atoms with Crippen LogP contribution in [0.1, 0.15) is 47.2 Å². The molecule has 0 bridgehead atoms. The predicted molar refractivity (Wildman–Crippen MR) is 119 cm³/mol. The molecule has 1 saturated carbocycles. The van der Waals surface area contributed by atoms with Crippen LogP contribution < -0.4 is 5.32 Å². The van der Waals surface area contributed by atoms with Gasteiger partial charge in [-0.05, 0) is 55.2 Å².